The first kappa shape index (κ1) is 20.3. The highest BCUT2D eigenvalue weighted by atomic mass is 35.5. The normalized spacial score (nSPS) is 26.4. The van der Waals surface area contributed by atoms with Crippen molar-refractivity contribution in [3.05, 3.63) is 23.6 Å². The molecule has 2 aromatic heterocycles. The third-order valence-electron chi connectivity index (χ3n) is 4.66. The van der Waals surface area contributed by atoms with E-state index >= 15 is 0 Å². The quantitative estimate of drug-likeness (QED) is 0.283. The fourth-order valence-electron chi connectivity index (χ4n) is 3.35. The van der Waals surface area contributed by atoms with Crippen LogP contribution in [0.5, 0.6) is 0 Å². The van der Waals surface area contributed by atoms with Gasteiger partial charge in [-0.05, 0) is 24.4 Å². The van der Waals surface area contributed by atoms with Gasteiger partial charge in [-0.25, -0.2) is 4.98 Å². The first-order valence-corrected chi connectivity index (χ1v) is 11.0. The Bertz CT molecular complexity index is 989. The van der Waals surface area contributed by atoms with Crippen molar-refractivity contribution in [2.75, 3.05) is 24.3 Å². The van der Waals surface area contributed by atoms with E-state index in [0.29, 0.717) is 17.0 Å². The molecule has 2 fully saturated rings. The molecule has 0 amide bonds. The molecule has 14 heteroatoms. The molecule has 2 aromatic rings. The molecule has 4 heterocycles. The van der Waals surface area contributed by atoms with Gasteiger partial charge in [0.25, 0.3) is 0 Å². The van der Waals surface area contributed by atoms with Gasteiger partial charge >= 0.3 is 7.60 Å². The molecular weight excluding hydrogens is 429 g/mol. The predicted octanol–water partition coefficient (Wildman–Crippen LogP) is 0.324. The highest BCUT2D eigenvalue weighted by Crippen LogP contribution is 2.37. The zero-order chi connectivity index (χ0) is 20.8. The maximum atomic E-state index is 10.9. The highest BCUT2D eigenvalue weighted by molar-refractivity contribution is 7.51. The molecule has 0 aromatic carbocycles. The van der Waals surface area contributed by atoms with E-state index in [4.69, 9.17) is 30.9 Å². The SMILES string of the molecule is O=P(O)(O)COC=C1O[C@@H](n2cnc3c(N4CCCC4)nc(Cl)nc32)[C@H](O)[C@@H]1O. The van der Waals surface area contributed by atoms with E-state index < -0.39 is 32.4 Å². The van der Waals surface area contributed by atoms with E-state index in [9.17, 15) is 14.8 Å². The van der Waals surface area contributed by atoms with Gasteiger partial charge in [0.15, 0.2) is 29.1 Å². The van der Waals surface area contributed by atoms with Gasteiger partial charge in [-0.2, -0.15) is 9.97 Å². The third kappa shape index (κ3) is 4.04. The molecule has 0 spiro atoms. The lowest BCUT2D eigenvalue weighted by Gasteiger charge is -2.18. The monoisotopic (exact) mass is 447 g/mol. The van der Waals surface area contributed by atoms with Gasteiger partial charge in [0.1, 0.15) is 24.8 Å². The lowest BCUT2D eigenvalue weighted by molar-refractivity contribution is -0.0122. The van der Waals surface area contributed by atoms with Crippen LogP contribution >= 0.6 is 19.2 Å². The molecule has 2 aliphatic rings. The first-order valence-electron chi connectivity index (χ1n) is 8.78. The molecule has 158 valence electrons. The van der Waals surface area contributed by atoms with Crippen molar-refractivity contribution < 1.29 is 34.0 Å². The summed E-state index contributed by atoms with van der Waals surface area (Å²) in [6.45, 7) is 1.64. The molecule has 0 bridgehead atoms. The third-order valence-corrected chi connectivity index (χ3v) is 5.32. The minimum atomic E-state index is -4.39. The van der Waals surface area contributed by atoms with E-state index in [1.807, 2.05) is 0 Å². The van der Waals surface area contributed by atoms with Crippen molar-refractivity contribution in [1.29, 1.82) is 0 Å². The number of ether oxygens (including phenoxy) is 2. The molecule has 3 atom stereocenters. The Labute approximate surface area is 169 Å². The maximum Gasteiger partial charge on any atom is 0.362 e. The van der Waals surface area contributed by atoms with E-state index in [0.717, 1.165) is 32.2 Å². The van der Waals surface area contributed by atoms with Crippen LogP contribution in [0.15, 0.2) is 18.3 Å². The van der Waals surface area contributed by atoms with Crippen molar-refractivity contribution in [2.24, 2.45) is 0 Å². The molecule has 2 aliphatic heterocycles. The average molecular weight is 448 g/mol. The molecule has 4 N–H and O–H groups in total. The zero-order valence-electron chi connectivity index (χ0n) is 15.0. The van der Waals surface area contributed by atoms with Gasteiger partial charge in [-0.1, -0.05) is 0 Å². The van der Waals surface area contributed by atoms with Gasteiger partial charge in [0, 0.05) is 13.1 Å². The van der Waals surface area contributed by atoms with E-state index in [1.165, 1.54) is 10.9 Å². The largest absolute Gasteiger partial charge is 0.485 e. The van der Waals surface area contributed by atoms with Gasteiger partial charge in [-0.3, -0.25) is 9.13 Å². The number of hydrogen-bond donors (Lipinski definition) is 4. The molecule has 2 saturated heterocycles. The fraction of sp³-hybridized carbons (Fsp3) is 0.533. The standard InChI is InChI=1S/C15H19ClN5O7P/c16-15-18-12(20-3-1-2-4-20)9-13(19-15)21(6-17-9)14-11(23)10(22)8(28-14)5-27-7-29(24,25)26/h5-6,10-11,14,22-23H,1-4,7H2,(H2,24,25,26)/t10-,11-,14-/m1/s1. The second kappa shape index (κ2) is 7.71. The summed E-state index contributed by atoms with van der Waals surface area (Å²) in [6.07, 6.45) is -0.530. The average Bonchev–Trinajstić information content (AvgIpc) is 3.36. The van der Waals surface area contributed by atoms with Crippen LogP contribution in [0.25, 0.3) is 11.2 Å². The van der Waals surface area contributed by atoms with Gasteiger partial charge in [0.2, 0.25) is 11.5 Å². The number of aliphatic hydroxyl groups excluding tert-OH is 2. The minimum Gasteiger partial charge on any atom is -0.485 e. The van der Waals surface area contributed by atoms with E-state index in [2.05, 4.69) is 19.9 Å². The summed E-state index contributed by atoms with van der Waals surface area (Å²) in [6, 6.07) is 0. The Morgan fingerprint density at radius 2 is 2.03 bits per heavy atom. The fourth-order valence-corrected chi connectivity index (χ4v) is 3.78. The number of imidazole rings is 1. The lowest BCUT2D eigenvalue weighted by Crippen LogP contribution is -2.27. The number of aliphatic hydroxyl groups is 2. The summed E-state index contributed by atoms with van der Waals surface area (Å²) < 4.78 is 22.6. The molecule has 4 rings (SSSR count). The smallest absolute Gasteiger partial charge is 0.362 e. The Kier molecular flexibility index (Phi) is 5.40. The molecule has 0 radical (unpaired) electrons. The number of nitrogens with zero attached hydrogens (tertiary/aromatic N) is 5. The van der Waals surface area contributed by atoms with Crippen LogP contribution in [-0.4, -0.2) is 71.2 Å². The summed E-state index contributed by atoms with van der Waals surface area (Å²) in [5.41, 5.74) is 0.803. The molecule has 12 nitrogen and oxygen atoms in total. The second-order valence-corrected chi connectivity index (χ2v) is 8.68. The van der Waals surface area contributed by atoms with Crippen molar-refractivity contribution in [2.45, 2.75) is 31.3 Å². The van der Waals surface area contributed by atoms with Crippen molar-refractivity contribution in [1.82, 2.24) is 19.5 Å². The Balaban J connectivity index is 1.64. The predicted molar refractivity (Wildman–Crippen MR) is 100.0 cm³/mol. The molecule has 0 saturated carbocycles. The molecule has 0 aliphatic carbocycles. The Morgan fingerprint density at radius 1 is 1.31 bits per heavy atom. The van der Waals surface area contributed by atoms with E-state index in [-0.39, 0.29) is 11.0 Å². The van der Waals surface area contributed by atoms with Gasteiger partial charge < -0.3 is 34.4 Å². The van der Waals surface area contributed by atoms with Crippen LogP contribution in [0.4, 0.5) is 5.82 Å². The summed E-state index contributed by atoms with van der Waals surface area (Å²) >= 11 is 6.09. The van der Waals surface area contributed by atoms with Crippen molar-refractivity contribution in [3.63, 3.8) is 0 Å². The van der Waals surface area contributed by atoms with Crippen LogP contribution in [-0.2, 0) is 14.0 Å². The molecule has 0 unspecified atom stereocenters. The van der Waals surface area contributed by atoms with Crippen molar-refractivity contribution in [3.8, 4) is 0 Å². The van der Waals surface area contributed by atoms with Gasteiger partial charge in [0.05, 0.1) is 0 Å². The zero-order valence-corrected chi connectivity index (χ0v) is 16.6. The molecular formula is C15H19ClN5O7P. The molecule has 29 heavy (non-hydrogen) atoms. The van der Waals surface area contributed by atoms with Crippen molar-refractivity contribution >= 4 is 36.2 Å². The lowest BCUT2D eigenvalue weighted by atomic mass is 10.2. The Morgan fingerprint density at radius 3 is 2.72 bits per heavy atom. The summed E-state index contributed by atoms with van der Waals surface area (Å²) in [4.78, 5) is 32.5. The summed E-state index contributed by atoms with van der Waals surface area (Å²) in [5, 5.41) is 20.6. The number of halogens is 1. The number of aromatic nitrogens is 4. The van der Waals surface area contributed by atoms with E-state index in [1.54, 1.807) is 0 Å². The highest BCUT2D eigenvalue weighted by Gasteiger charge is 2.42. The maximum absolute atomic E-state index is 10.9. The second-order valence-electron chi connectivity index (χ2n) is 6.76. The topological polar surface area (TPSA) is 163 Å². The Hall–Kier alpha value is -1.95. The van der Waals surface area contributed by atoms with Crippen LogP contribution in [0.1, 0.15) is 19.1 Å². The number of anilines is 1. The van der Waals surface area contributed by atoms with Crippen LogP contribution in [0, 0.1) is 0 Å². The summed E-state index contributed by atoms with van der Waals surface area (Å²) in [5.74, 6) is 0.405. The number of rotatable bonds is 5. The summed E-state index contributed by atoms with van der Waals surface area (Å²) in [7, 11) is -4.39. The van der Waals surface area contributed by atoms with Crippen LogP contribution in [0.2, 0.25) is 5.28 Å². The van der Waals surface area contributed by atoms with Gasteiger partial charge in [-0.15, -0.1) is 0 Å². The van der Waals surface area contributed by atoms with Crippen LogP contribution in [0.3, 0.4) is 0 Å². The first-order chi connectivity index (χ1) is 13.7. The van der Waals surface area contributed by atoms with Crippen LogP contribution < -0.4 is 4.90 Å². The minimum absolute atomic E-state index is 0.00919. The number of fused-ring (bicyclic) bond motifs is 1. The number of hydrogen-bond acceptors (Lipinski definition) is 9.